The number of nitro groups is 1. The highest BCUT2D eigenvalue weighted by Crippen LogP contribution is 2.33. The fourth-order valence-corrected chi connectivity index (χ4v) is 2.07. The number of rotatable bonds is 6. The largest absolute Gasteiger partial charge is 0.504 e. The van der Waals surface area contributed by atoms with E-state index in [1.165, 1.54) is 19.4 Å². The quantitative estimate of drug-likeness (QED) is 0.465. The molecule has 2 rings (SSSR count). The number of phenols is 1. The summed E-state index contributed by atoms with van der Waals surface area (Å²) >= 11 is 0. The highest BCUT2D eigenvalue weighted by Gasteiger charge is 2.15. The topological polar surface area (TPSA) is 114 Å². The number of amides is 1. The molecule has 0 saturated carbocycles. The van der Waals surface area contributed by atoms with Gasteiger partial charge in [0.15, 0.2) is 11.5 Å². The molecule has 0 atom stereocenters. The molecule has 0 aliphatic heterocycles. The minimum Gasteiger partial charge on any atom is -0.504 e. The molecule has 0 saturated heterocycles. The number of nitrogens with zero attached hydrogens (tertiary/aromatic N) is 2. The molecular formula is C18H19N3O5. The van der Waals surface area contributed by atoms with Crippen LogP contribution in [-0.4, -0.2) is 29.3 Å². The summed E-state index contributed by atoms with van der Waals surface area (Å²) < 4.78 is 4.95. The number of hydrogen-bond donors (Lipinski definition) is 2. The first-order valence-electron chi connectivity index (χ1n) is 7.82. The minimum atomic E-state index is -0.582. The molecule has 2 aromatic carbocycles. The second kappa shape index (κ2) is 8.11. The number of carbonyl (C=O) groups is 1. The van der Waals surface area contributed by atoms with Gasteiger partial charge in [-0.25, -0.2) is 0 Å². The van der Waals surface area contributed by atoms with Gasteiger partial charge in [0.25, 0.3) is 5.69 Å². The highest BCUT2D eigenvalue weighted by atomic mass is 16.6. The van der Waals surface area contributed by atoms with Gasteiger partial charge in [-0.2, -0.15) is 0 Å². The molecule has 8 nitrogen and oxygen atoms in total. The fourth-order valence-electron chi connectivity index (χ4n) is 2.07. The first kappa shape index (κ1) is 18.9. The third-order valence-electron chi connectivity index (χ3n) is 3.51. The fraction of sp³-hybridized carbons (Fsp3) is 0.222. The van der Waals surface area contributed by atoms with Crippen LogP contribution in [0.15, 0.2) is 41.4 Å². The molecule has 0 spiro atoms. The molecule has 0 unspecified atom stereocenters. The van der Waals surface area contributed by atoms with Crippen LogP contribution in [0.25, 0.3) is 0 Å². The Kier molecular flexibility index (Phi) is 5.90. The van der Waals surface area contributed by atoms with Crippen molar-refractivity contribution in [2.24, 2.45) is 10.9 Å². The monoisotopic (exact) mass is 357 g/mol. The number of aliphatic imine (C=N–C) groups is 1. The third-order valence-corrected chi connectivity index (χ3v) is 3.51. The van der Waals surface area contributed by atoms with E-state index in [-0.39, 0.29) is 34.6 Å². The molecule has 2 N–H and O–H groups in total. The van der Waals surface area contributed by atoms with Crippen molar-refractivity contribution < 1.29 is 19.6 Å². The number of nitrogens with one attached hydrogen (secondary N) is 1. The number of nitro benzene ring substituents is 1. The van der Waals surface area contributed by atoms with Gasteiger partial charge in [0, 0.05) is 29.4 Å². The van der Waals surface area contributed by atoms with Crippen molar-refractivity contribution in [1.82, 2.24) is 0 Å². The van der Waals surface area contributed by atoms with E-state index in [4.69, 9.17) is 4.74 Å². The number of carbonyl (C=O) groups excluding carboxylic acids is 1. The summed E-state index contributed by atoms with van der Waals surface area (Å²) in [6, 6.07) is 9.14. The molecule has 2 aromatic rings. The molecule has 0 aliphatic carbocycles. The van der Waals surface area contributed by atoms with Gasteiger partial charge in [0.05, 0.1) is 23.8 Å². The number of hydrogen-bond acceptors (Lipinski definition) is 6. The first-order chi connectivity index (χ1) is 12.3. The molecular weight excluding hydrogens is 338 g/mol. The van der Waals surface area contributed by atoms with Crippen molar-refractivity contribution >= 4 is 29.2 Å². The maximum absolute atomic E-state index is 11.8. The zero-order valence-electron chi connectivity index (χ0n) is 14.6. The zero-order chi connectivity index (χ0) is 19.3. The predicted molar refractivity (Wildman–Crippen MR) is 98.5 cm³/mol. The smallest absolute Gasteiger partial charge is 0.274 e. The second-order valence-electron chi connectivity index (χ2n) is 5.80. The minimum absolute atomic E-state index is 0.0152. The Balaban J connectivity index is 2.31. The predicted octanol–water partition coefficient (Wildman–Crippen LogP) is 3.65. The normalized spacial score (nSPS) is 10.9. The van der Waals surface area contributed by atoms with Crippen molar-refractivity contribution in [2.75, 3.05) is 12.4 Å². The van der Waals surface area contributed by atoms with E-state index in [2.05, 4.69) is 10.3 Å². The number of aromatic hydroxyl groups is 1. The molecule has 0 radical (unpaired) electrons. The Hall–Kier alpha value is -3.42. The van der Waals surface area contributed by atoms with Gasteiger partial charge < -0.3 is 15.2 Å². The van der Waals surface area contributed by atoms with Gasteiger partial charge in [-0.05, 0) is 18.2 Å². The average Bonchev–Trinajstić information content (AvgIpc) is 2.60. The third kappa shape index (κ3) is 4.56. The summed E-state index contributed by atoms with van der Waals surface area (Å²) in [6.07, 6.45) is 1.30. The van der Waals surface area contributed by atoms with Crippen molar-refractivity contribution in [3.05, 3.63) is 52.1 Å². The maximum Gasteiger partial charge on any atom is 0.274 e. The lowest BCUT2D eigenvalue weighted by molar-refractivity contribution is -0.385. The Bertz CT molecular complexity index is 862. The number of phenolic OH excluding ortho intramolecular Hbond substituents is 1. The summed E-state index contributed by atoms with van der Waals surface area (Å²) in [6.45, 7) is 3.58. The van der Waals surface area contributed by atoms with E-state index in [0.717, 1.165) is 6.07 Å². The van der Waals surface area contributed by atoms with Crippen molar-refractivity contribution in [2.45, 2.75) is 13.8 Å². The van der Waals surface area contributed by atoms with Crippen LogP contribution in [0.4, 0.5) is 17.1 Å². The average molecular weight is 357 g/mol. The molecule has 136 valence electrons. The molecule has 0 fully saturated rings. The summed E-state index contributed by atoms with van der Waals surface area (Å²) in [5.41, 5.74) is 1.02. The van der Waals surface area contributed by atoms with Crippen LogP contribution in [0.5, 0.6) is 11.5 Å². The summed E-state index contributed by atoms with van der Waals surface area (Å²) in [7, 11) is 1.31. The Morgan fingerprint density at radius 1 is 1.35 bits per heavy atom. The van der Waals surface area contributed by atoms with E-state index < -0.39 is 4.92 Å². The van der Waals surface area contributed by atoms with Gasteiger partial charge in [0.2, 0.25) is 5.91 Å². The van der Waals surface area contributed by atoms with Gasteiger partial charge >= 0.3 is 0 Å². The lowest BCUT2D eigenvalue weighted by Crippen LogP contribution is -2.17. The Labute approximate surface area is 150 Å². The standard InChI is InChI=1S/C18H19N3O5/c1-11(2)18(23)20-14-6-4-5-13(8-14)19-10-12-7-15(21(24)25)9-16(26-3)17(12)22/h4-11,22H,1-3H3,(H,20,23). The summed E-state index contributed by atoms with van der Waals surface area (Å²) in [5.74, 6) is -0.534. The zero-order valence-corrected chi connectivity index (χ0v) is 14.6. The van der Waals surface area contributed by atoms with Crippen LogP contribution in [0.1, 0.15) is 19.4 Å². The Morgan fingerprint density at radius 3 is 2.69 bits per heavy atom. The van der Waals surface area contributed by atoms with Crippen molar-refractivity contribution in [3.63, 3.8) is 0 Å². The van der Waals surface area contributed by atoms with Gasteiger partial charge in [0.1, 0.15) is 0 Å². The molecule has 26 heavy (non-hydrogen) atoms. The van der Waals surface area contributed by atoms with E-state index in [0.29, 0.717) is 11.4 Å². The van der Waals surface area contributed by atoms with Crippen LogP contribution < -0.4 is 10.1 Å². The molecule has 0 aliphatic rings. The second-order valence-corrected chi connectivity index (χ2v) is 5.80. The van der Waals surface area contributed by atoms with E-state index in [1.807, 2.05) is 0 Å². The summed E-state index contributed by atoms with van der Waals surface area (Å²) in [4.78, 5) is 26.4. The number of anilines is 1. The lowest BCUT2D eigenvalue weighted by Gasteiger charge is -2.08. The SMILES string of the molecule is COc1cc([N+](=O)[O-])cc(C=Nc2cccc(NC(=O)C(C)C)c2)c1O. The van der Waals surface area contributed by atoms with E-state index in [1.54, 1.807) is 38.1 Å². The maximum atomic E-state index is 11.8. The molecule has 0 aromatic heterocycles. The van der Waals surface area contributed by atoms with E-state index >= 15 is 0 Å². The van der Waals surface area contributed by atoms with Crippen LogP contribution >= 0.6 is 0 Å². The van der Waals surface area contributed by atoms with Crippen LogP contribution in [0, 0.1) is 16.0 Å². The van der Waals surface area contributed by atoms with Crippen LogP contribution in [0.3, 0.4) is 0 Å². The number of methoxy groups -OCH3 is 1. The van der Waals surface area contributed by atoms with Crippen LogP contribution in [0.2, 0.25) is 0 Å². The number of benzene rings is 2. The van der Waals surface area contributed by atoms with Gasteiger partial charge in [-0.1, -0.05) is 19.9 Å². The van der Waals surface area contributed by atoms with E-state index in [9.17, 15) is 20.0 Å². The van der Waals surface area contributed by atoms with Gasteiger partial charge in [-0.3, -0.25) is 19.9 Å². The number of ether oxygens (including phenoxy) is 1. The summed E-state index contributed by atoms with van der Waals surface area (Å²) in [5, 5.41) is 23.9. The molecule has 0 bridgehead atoms. The van der Waals surface area contributed by atoms with Gasteiger partial charge in [-0.15, -0.1) is 0 Å². The lowest BCUT2D eigenvalue weighted by atomic mass is 10.1. The van der Waals surface area contributed by atoms with Crippen molar-refractivity contribution in [3.8, 4) is 11.5 Å². The molecule has 1 amide bonds. The number of non-ortho nitro benzene ring substituents is 1. The van der Waals surface area contributed by atoms with Crippen molar-refractivity contribution in [1.29, 1.82) is 0 Å². The molecule has 8 heteroatoms. The Morgan fingerprint density at radius 2 is 2.08 bits per heavy atom. The van der Waals surface area contributed by atoms with Crippen LogP contribution in [-0.2, 0) is 4.79 Å². The molecule has 0 heterocycles. The highest BCUT2D eigenvalue weighted by molar-refractivity contribution is 5.93. The first-order valence-corrected chi connectivity index (χ1v) is 7.82.